The van der Waals surface area contributed by atoms with Gasteiger partial charge in [-0.3, -0.25) is 4.79 Å². The molecule has 1 aliphatic rings. The zero-order valence-corrected chi connectivity index (χ0v) is 18.0. The van der Waals surface area contributed by atoms with Gasteiger partial charge in [-0.1, -0.05) is 29.4 Å². The molecule has 0 atom stereocenters. The second kappa shape index (κ2) is 8.50. The fraction of sp³-hybridized carbons (Fsp3) is 0.333. The Morgan fingerprint density at radius 3 is 2.50 bits per heavy atom. The average Bonchev–Trinajstić information content (AvgIpc) is 3.47. The maximum absolute atomic E-state index is 12.7. The third-order valence-electron chi connectivity index (χ3n) is 4.89. The summed E-state index contributed by atoms with van der Waals surface area (Å²) in [6.45, 7) is 1.85. The average molecular weight is 448 g/mol. The summed E-state index contributed by atoms with van der Waals surface area (Å²) in [5.41, 5.74) is 0.858. The van der Waals surface area contributed by atoms with Gasteiger partial charge >= 0.3 is 0 Å². The molecule has 0 spiro atoms. The van der Waals surface area contributed by atoms with Crippen LogP contribution in [0.25, 0.3) is 5.69 Å². The number of piperazine rings is 1. The maximum Gasteiger partial charge on any atom is 0.252 e. The molecule has 0 radical (unpaired) electrons. The quantitative estimate of drug-likeness (QED) is 0.548. The number of aromatic nitrogens is 4. The molecule has 3 heterocycles. The molecule has 0 bridgehead atoms. The van der Waals surface area contributed by atoms with Gasteiger partial charge in [-0.25, -0.2) is 8.42 Å². The molecule has 3 aromatic rings. The van der Waals surface area contributed by atoms with Gasteiger partial charge in [-0.2, -0.15) is 8.99 Å². The van der Waals surface area contributed by atoms with Crippen molar-refractivity contribution < 1.29 is 13.2 Å². The van der Waals surface area contributed by atoms with E-state index in [9.17, 15) is 13.2 Å². The first-order chi connectivity index (χ1) is 14.5. The number of benzene rings is 1. The van der Waals surface area contributed by atoms with Crippen LogP contribution < -0.4 is 4.90 Å². The fourth-order valence-corrected chi connectivity index (χ4v) is 5.53. The summed E-state index contributed by atoms with van der Waals surface area (Å²) in [7, 11) is -2.22. The van der Waals surface area contributed by atoms with E-state index in [0.717, 1.165) is 21.3 Å². The first-order valence-electron chi connectivity index (χ1n) is 9.33. The lowest BCUT2D eigenvalue weighted by atomic mass is 10.3. The molecule has 2 aromatic heterocycles. The van der Waals surface area contributed by atoms with Crippen molar-refractivity contribution in [1.29, 1.82) is 0 Å². The smallest absolute Gasteiger partial charge is 0.252 e. The molecule has 1 saturated heterocycles. The van der Waals surface area contributed by atoms with E-state index in [1.165, 1.54) is 13.1 Å². The molecule has 1 fully saturated rings. The number of anilines is 1. The van der Waals surface area contributed by atoms with Gasteiger partial charge in [-0.15, -0.1) is 11.3 Å². The second-order valence-electron chi connectivity index (χ2n) is 6.79. The highest BCUT2D eigenvalue weighted by Gasteiger charge is 2.29. The third-order valence-corrected chi connectivity index (χ3v) is 8.06. The summed E-state index contributed by atoms with van der Waals surface area (Å²) < 4.78 is 28.0. The standard InChI is InChI=1S/C18H21N7O3S2/c1-22(30(27,28)17-8-5-13-29-17)14-16(26)23-9-11-24(12-10-23)18-19-20-21-25(18)15-6-3-2-4-7-15/h2-8,13H,9-12,14H2,1H3. The highest BCUT2D eigenvalue weighted by Crippen LogP contribution is 2.20. The molecule has 158 valence electrons. The van der Waals surface area contributed by atoms with Crippen LogP contribution in [0.15, 0.2) is 52.1 Å². The molecule has 4 rings (SSSR count). The first-order valence-corrected chi connectivity index (χ1v) is 11.6. The first kappa shape index (κ1) is 20.4. The van der Waals surface area contributed by atoms with Crippen LogP contribution in [-0.4, -0.2) is 83.5 Å². The number of carbonyl (C=O) groups excluding carboxylic acids is 1. The number of amides is 1. The number of hydrogen-bond acceptors (Lipinski definition) is 8. The minimum absolute atomic E-state index is 0.192. The lowest BCUT2D eigenvalue weighted by Crippen LogP contribution is -2.52. The lowest BCUT2D eigenvalue weighted by Gasteiger charge is -2.35. The van der Waals surface area contributed by atoms with Crippen LogP contribution >= 0.6 is 11.3 Å². The van der Waals surface area contributed by atoms with Crippen LogP contribution in [0, 0.1) is 0 Å². The van der Waals surface area contributed by atoms with E-state index in [1.807, 2.05) is 35.2 Å². The summed E-state index contributed by atoms with van der Waals surface area (Å²) >= 11 is 1.14. The number of thiophene rings is 1. The van der Waals surface area contributed by atoms with Crippen LogP contribution in [-0.2, 0) is 14.8 Å². The topological polar surface area (TPSA) is 105 Å². The largest absolute Gasteiger partial charge is 0.338 e. The molecule has 1 aromatic carbocycles. The van der Waals surface area contributed by atoms with Gasteiger partial charge < -0.3 is 9.80 Å². The summed E-state index contributed by atoms with van der Waals surface area (Å²) in [6.07, 6.45) is 0. The number of hydrogen-bond donors (Lipinski definition) is 0. The zero-order chi connectivity index (χ0) is 21.1. The monoisotopic (exact) mass is 447 g/mol. The van der Waals surface area contributed by atoms with Gasteiger partial charge in [0.15, 0.2) is 0 Å². The number of para-hydroxylation sites is 1. The lowest BCUT2D eigenvalue weighted by molar-refractivity contribution is -0.131. The van der Waals surface area contributed by atoms with Crippen molar-refractivity contribution in [2.75, 3.05) is 44.7 Å². The summed E-state index contributed by atoms with van der Waals surface area (Å²) in [5.74, 6) is 0.394. The molecule has 10 nitrogen and oxygen atoms in total. The molecular formula is C18H21N7O3S2. The zero-order valence-electron chi connectivity index (χ0n) is 16.3. The van der Waals surface area contributed by atoms with Gasteiger partial charge in [0.1, 0.15) is 4.21 Å². The highest BCUT2D eigenvalue weighted by molar-refractivity contribution is 7.91. The molecule has 1 aliphatic heterocycles. The molecule has 0 aliphatic carbocycles. The van der Waals surface area contributed by atoms with E-state index < -0.39 is 10.0 Å². The van der Waals surface area contributed by atoms with E-state index >= 15 is 0 Å². The molecule has 1 amide bonds. The Bertz CT molecular complexity index is 1090. The number of nitrogens with zero attached hydrogens (tertiary/aromatic N) is 7. The number of sulfonamides is 1. The van der Waals surface area contributed by atoms with Gasteiger partial charge in [0.25, 0.3) is 10.0 Å². The van der Waals surface area contributed by atoms with Crippen molar-refractivity contribution in [3.05, 3.63) is 47.8 Å². The Labute approximate surface area is 178 Å². The Kier molecular flexibility index (Phi) is 5.79. The van der Waals surface area contributed by atoms with Crippen LogP contribution in [0.2, 0.25) is 0 Å². The van der Waals surface area contributed by atoms with E-state index in [1.54, 1.807) is 21.0 Å². The number of rotatable bonds is 6. The molecule has 0 saturated carbocycles. The maximum atomic E-state index is 12.7. The number of likely N-dealkylation sites (N-methyl/N-ethyl adjacent to an activating group) is 1. The molecular weight excluding hydrogens is 426 g/mol. The van der Waals surface area contributed by atoms with E-state index in [4.69, 9.17) is 0 Å². The van der Waals surface area contributed by atoms with E-state index in [0.29, 0.717) is 32.1 Å². The molecule has 0 unspecified atom stereocenters. The van der Waals surface area contributed by atoms with E-state index in [-0.39, 0.29) is 16.7 Å². The fourth-order valence-electron chi connectivity index (χ4n) is 3.21. The van der Waals surface area contributed by atoms with Gasteiger partial charge in [0.05, 0.1) is 12.2 Å². The summed E-state index contributed by atoms with van der Waals surface area (Å²) in [6, 6.07) is 12.8. The normalized spacial score (nSPS) is 15.0. The van der Waals surface area contributed by atoms with Crippen LogP contribution in [0.1, 0.15) is 0 Å². The second-order valence-corrected chi connectivity index (χ2v) is 10.0. The van der Waals surface area contributed by atoms with Crippen molar-refractivity contribution in [3.8, 4) is 5.69 Å². The predicted molar refractivity (Wildman–Crippen MR) is 112 cm³/mol. The van der Waals surface area contributed by atoms with Crippen LogP contribution in [0.4, 0.5) is 5.95 Å². The molecule has 30 heavy (non-hydrogen) atoms. The van der Waals surface area contributed by atoms with Gasteiger partial charge in [-0.05, 0) is 34.0 Å². The minimum Gasteiger partial charge on any atom is -0.338 e. The van der Waals surface area contributed by atoms with E-state index in [2.05, 4.69) is 15.5 Å². The Balaban J connectivity index is 1.37. The van der Waals surface area contributed by atoms with Crippen molar-refractivity contribution in [1.82, 2.24) is 29.4 Å². The van der Waals surface area contributed by atoms with Gasteiger partial charge in [0, 0.05) is 33.2 Å². The van der Waals surface area contributed by atoms with Crippen molar-refractivity contribution in [2.24, 2.45) is 0 Å². The Morgan fingerprint density at radius 2 is 1.83 bits per heavy atom. The van der Waals surface area contributed by atoms with Gasteiger partial charge in [0.2, 0.25) is 11.9 Å². The summed E-state index contributed by atoms with van der Waals surface area (Å²) in [5, 5.41) is 13.7. The van der Waals surface area contributed by atoms with Crippen LogP contribution in [0.5, 0.6) is 0 Å². The predicted octanol–water partition coefficient (Wildman–Crippen LogP) is 0.693. The number of carbonyl (C=O) groups is 1. The SMILES string of the molecule is CN(CC(=O)N1CCN(c2nnnn2-c2ccccc2)CC1)S(=O)(=O)c1cccs1. The minimum atomic E-state index is -3.65. The third kappa shape index (κ3) is 4.06. The van der Waals surface area contributed by atoms with Crippen LogP contribution in [0.3, 0.4) is 0 Å². The Hall–Kier alpha value is -2.83. The summed E-state index contributed by atoms with van der Waals surface area (Å²) in [4.78, 5) is 16.4. The highest BCUT2D eigenvalue weighted by atomic mass is 32.2. The van der Waals surface area contributed by atoms with Crippen molar-refractivity contribution in [3.63, 3.8) is 0 Å². The van der Waals surface area contributed by atoms with Crippen molar-refractivity contribution in [2.45, 2.75) is 4.21 Å². The van der Waals surface area contributed by atoms with Crippen molar-refractivity contribution >= 4 is 33.2 Å². The number of tetrazole rings is 1. The molecule has 0 N–H and O–H groups in total. The molecule has 12 heteroatoms. The Morgan fingerprint density at radius 1 is 1.10 bits per heavy atom.